The van der Waals surface area contributed by atoms with E-state index in [1.807, 2.05) is 13.8 Å². The molecule has 0 aliphatic heterocycles. The minimum absolute atomic E-state index is 0.0575. The predicted octanol–water partition coefficient (Wildman–Crippen LogP) is 1.88. The van der Waals surface area contributed by atoms with Crippen LogP contribution in [0.3, 0.4) is 0 Å². The van der Waals surface area contributed by atoms with Gasteiger partial charge in [-0.15, -0.1) is 0 Å². The molecule has 1 aliphatic carbocycles. The van der Waals surface area contributed by atoms with E-state index in [9.17, 15) is 18.0 Å². The molecule has 1 fully saturated rings. The molecule has 0 unspecified atom stereocenters. The van der Waals surface area contributed by atoms with Crippen LogP contribution in [-0.2, 0) is 19.6 Å². The summed E-state index contributed by atoms with van der Waals surface area (Å²) in [5.74, 6) is -1.07. The van der Waals surface area contributed by atoms with Crippen LogP contribution in [0.15, 0.2) is 35.2 Å². The Morgan fingerprint density at radius 2 is 1.85 bits per heavy atom. The summed E-state index contributed by atoms with van der Waals surface area (Å²) in [7, 11) is -3.79. The highest BCUT2D eigenvalue weighted by Gasteiger charge is 2.28. The fourth-order valence-corrected chi connectivity index (χ4v) is 3.53. The van der Waals surface area contributed by atoms with Crippen molar-refractivity contribution in [1.82, 2.24) is 4.57 Å². The monoisotopic (exact) mass is 391 g/mol. The summed E-state index contributed by atoms with van der Waals surface area (Å²) in [6, 6.07) is 7.61. The molecule has 1 aromatic carbocycles. The molecule has 0 spiro atoms. The number of primary sulfonamides is 1. The zero-order valence-electron chi connectivity index (χ0n) is 15.1. The van der Waals surface area contributed by atoms with Crippen LogP contribution < -0.4 is 10.5 Å². The largest absolute Gasteiger partial charge is 0.452 e. The molecular formula is C18H21N3O5S. The van der Waals surface area contributed by atoms with Gasteiger partial charge in [-0.1, -0.05) is 0 Å². The number of rotatable bonds is 6. The second-order valence-electron chi connectivity index (χ2n) is 6.58. The minimum Gasteiger partial charge on any atom is -0.452 e. The summed E-state index contributed by atoms with van der Waals surface area (Å²) in [6.07, 6.45) is 2.22. The Morgan fingerprint density at radius 1 is 1.22 bits per heavy atom. The number of nitrogens with one attached hydrogen (secondary N) is 1. The van der Waals surface area contributed by atoms with Crippen molar-refractivity contribution in [2.45, 2.75) is 37.6 Å². The number of aryl methyl sites for hydroxylation is 1. The molecule has 0 atom stereocenters. The number of amides is 1. The number of anilines is 1. The number of nitrogens with two attached hydrogens (primary N) is 1. The highest BCUT2D eigenvalue weighted by Crippen LogP contribution is 2.38. The Hall–Kier alpha value is -2.65. The Morgan fingerprint density at radius 3 is 2.41 bits per heavy atom. The highest BCUT2D eigenvalue weighted by molar-refractivity contribution is 7.89. The number of hydrogen-bond acceptors (Lipinski definition) is 5. The Bertz CT molecular complexity index is 989. The van der Waals surface area contributed by atoms with Crippen molar-refractivity contribution >= 4 is 27.6 Å². The van der Waals surface area contributed by atoms with Crippen LogP contribution in [0.4, 0.5) is 5.69 Å². The Kier molecular flexibility index (Phi) is 5.07. The number of hydrogen-bond donors (Lipinski definition) is 2. The Balaban J connectivity index is 1.58. The van der Waals surface area contributed by atoms with E-state index in [1.54, 1.807) is 6.07 Å². The molecule has 8 nitrogen and oxygen atoms in total. The van der Waals surface area contributed by atoms with E-state index >= 15 is 0 Å². The van der Waals surface area contributed by atoms with E-state index in [0.29, 0.717) is 17.3 Å². The van der Waals surface area contributed by atoms with Crippen LogP contribution >= 0.6 is 0 Å². The van der Waals surface area contributed by atoms with Gasteiger partial charge in [0.25, 0.3) is 5.91 Å². The van der Waals surface area contributed by atoms with Gasteiger partial charge in [0, 0.05) is 23.1 Å². The number of nitrogens with zero attached hydrogens (tertiary/aromatic N) is 1. The summed E-state index contributed by atoms with van der Waals surface area (Å²) in [6.45, 7) is 3.37. The number of carbonyl (C=O) groups is 2. The van der Waals surface area contributed by atoms with Gasteiger partial charge in [-0.25, -0.2) is 18.4 Å². The number of esters is 1. The first-order chi connectivity index (χ1) is 12.7. The van der Waals surface area contributed by atoms with Gasteiger partial charge >= 0.3 is 5.97 Å². The normalized spacial score (nSPS) is 14.0. The lowest BCUT2D eigenvalue weighted by atomic mass is 10.2. The molecule has 1 heterocycles. The minimum atomic E-state index is -3.79. The molecule has 0 radical (unpaired) electrons. The lowest BCUT2D eigenvalue weighted by Crippen LogP contribution is -2.21. The molecule has 144 valence electrons. The van der Waals surface area contributed by atoms with E-state index in [1.165, 1.54) is 24.3 Å². The molecule has 1 aromatic heterocycles. The first-order valence-corrected chi connectivity index (χ1v) is 9.99. The molecule has 2 aromatic rings. The van der Waals surface area contributed by atoms with Gasteiger partial charge in [0.2, 0.25) is 10.0 Å². The third-order valence-corrected chi connectivity index (χ3v) is 5.35. The fraction of sp³-hybridized carbons (Fsp3) is 0.333. The first kappa shape index (κ1) is 19.1. The van der Waals surface area contributed by atoms with Crippen molar-refractivity contribution in [2.24, 2.45) is 5.14 Å². The van der Waals surface area contributed by atoms with Gasteiger partial charge in [0.15, 0.2) is 6.61 Å². The lowest BCUT2D eigenvalue weighted by molar-refractivity contribution is -0.119. The van der Waals surface area contributed by atoms with Crippen LogP contribution in [0, 0.1) is 13.8 Å². The summed E-state index contributed by atoms with van der Waals surface area (Å²) in [4.78, 5) is 24.2. The number of sulfonamides is 1. The summed E-state index contributed by atoms with van der Waals surface area (Å²) < 4.78 is 29.7. The second kappa shape index (κ2) is 7.16. The highest BCUT2D eigenvalue weighted by atomic mass is 32.2. The number of aromatic nitrogens is 1. The average Bonchev–Trinajstić information content (AvgIpc) is 3.37. The Labute approximate surface area is 157 Å². The molecule has 1 saturated carbocycles. The quantitative estimate of drug-likeness (QED) is 0.729. The molecule has 1 aliphatic rings. The topological polar surface area (TPSA) is 120 Å². The zero-order chi connectivity index (χ0) is 19.8. The van der Waals surface area contributed by atoms with Crippen LogP contribution in [0.2, 0.25) is 0 Å². The summed E-state index contributed by atoms with van der Waals surface area (Å²) in [5, 5.41) is 7.55. The molecule has 3 rings (SSSR count). The van der Waals surface area contributed by atoms with Crippen molar-refractivity contribution in [1.29, 1.82) is 0 Å². The van der Waals surface area contributed by atoms with Gasteiger partial charge in [-0.2, -0.15) is 0 Å². The maximum absolute atomic E-state index is 12.3. The van der Waals surface area contributed by atoms with Crippen molar-refractivity contribution in [3.05, 3.63) is 47.3 Å². The van der Waals surface area contributed by atoms with Crippen molar-refractivity contribution in [3.63, 3.8) is 0 Å². The molecular weight excluding hydrogens is 370 g/mol. The first-order valence-electron chi connectivity index (χ1n) is 8.45. The predicted molar refractivity (Wildman–Crippen MR) is 98.9 cm³/mol. The lowest BCUT2D eigenvalue weighted by Gasteiger charge is -2.09. The molecule has 1 amide bonds. The smallest absolute Gasteiger partial charge is 0.340 e. The van der Waals surface area contributed by atoms with Crippen LogP contribution in [0.5, 0.6) is 0 Å². The molecule has 0 bridgehead atoms. The molecule has 27 heavy (non-hydrogen) atoms. The van der Waals surface area contributed by atoms with Gasteiger partial charge < -0.3 is 14.6 Å². The van der Waals surface area contributed by atoms with E-state index < -0.39 is 28.5 Å². The van der Waals surface area contributed by atoms with Crippen molar-refractivity contribution in [3.8, 4) is 0 Å². The van der Waals surface area contributed by atoms with Gasteiger partial charge in [-0.05, 0) is 57.0 Å². The number of carbonyl (C=O) groups excluding carboxylic acids is 2. The van der Waals surface area contributed by atoms with Crippen molar-refractivity contribution < 1.29 is 22.7 Å². The van der Waals surface area contributed by atoms with Crippen molar-refractivity contribution in [2.75, 3.05) is 11.9 Å². The van der Waals surface area contributed by atoms with E-state index in [0.717, 1.165) is 24.2 Å². The third-order valence-electron chi connectivity index (χ3n) is 4.42. The number of benzene rings is 1. The molecule has 9 heteroatoms. The maximum atomic E-state index is 12.3. The van der Waals surface area contributed by atoms with E-state index in [-0.39, 0.29) is 4.90 Å². The third kappa shape index (κ3) is 4.37. The fourth-order valence-electron chi connectivity index (χ4n) is 3.01. The maximum Gasteiger partial charge on any atom is 0.340 e. The summed E-state index contributed by atoms with van der Waals surface area (Å²) in [5.41, 5.74) is 2.68. The van der Waals surface area contributed by atoms with Crippen LogP contribution in [0.1, 0.15) is 40.6 Å². The number of ether oxygens (including phenoxy) is 1. The SMILES string of the molecule is Cc1cc(C(=O)OCC(=O)Nc2ccc(S(N)(=O)=O)cc2)c(C)n1C1CC1. The summed E-state index contributed by atoms with van der Waals surface area (Å²) >= 11 is 0. The van der Waals surface area contributed by atoms with Gasteiger partial charge in [0.05, 0.1) is 10.5 Å². The molecule has 0 saturated heterocycles. The average molecular weight is 391 g/mol. The second-order valence-corrected chi connectivity index (χ2v) is 8.14. The standard InChI is InChI=1S/C18H21N3O5S/c1-11-9-16(12(2)21(11)14-5-6-14)18(23)26-10-17(22)20-13-3-7-15(8-4-13)27(19,24)25/h3-4,7-9,14H,5-6,10H2,1-2H3,(H,20,22)(H2,19,24,25). The van der Waals surface area contributed by atoms with E-state index in [4.69, 9.17) is 9.88 Å². The zero-order valence-corrected chi connectivity index (χ0v) is 15.9. The molecule has 3 N–H and O–H groups in total. The van der Waals surface area contributed by atoms with Gasteiger partial charge in [0.1, 0.15) is 0 Å². The van der Waals surface area contributed by atoms with Crippen LogP contribution in [-0.4, -0.2) is 31.5 Å². The van der Waals surface area contributed by atoms with Gasteiger partial charge in [-0.3, -0.25) is 4.79 Å². The van der Waals surface area contributed by atoms with E-state index in [2.05, 4.69) is 9.88 Å². The van der Waals surface area contributed by atoms with Crippen LogP contribution in [0.25, 0.3) is 0 Å².